The quantitative estimate of drug-likeness (QED) is 0.153. The first-order valence-corrected chi connectivity index (χ1v) is 15.2. The van der Waals surface area contributed by atoms with Gasteiger partial charge in [0.2, 0.25) is 0 Å². The molecule has 1 saturated heterocycles. The summed E-state index contributed by atoms with van der Waals surface area (Å²) in [4.78, 5) is 12.7. The predicted octanol–water partition coefficient (Wildman–Crippen LogP) is 5.46. The molecule has 6 nitrogen and oxygen atoms in total. The predicted molar refractivity (Wildman–Crippen MR) is 162 cm³/mol. The molecule has 1 heterocycles. The van der Waals surface area contributed by atoms with Gasteiger partial charge in [0.15, 0.2) is 0 Å². The van der Waals surface area contributed by atoms with Crippen molar-refractivity contribution in [2.24, 2.45) is 0 Å². The van der Waals surface area contributed by atoms with Gasteiger partial charge in [-0.3, -0.25) is 0 Å². The minimum absolute atomic E-state index is 0.263. The second kappa shape index (κ2) is 14.7. The van der Waals surface area contributed by atoms with Crippen LogP contribution in [0.15, 0.2) is 121 Å². The number of ether oxygens (including phenoxy) is 5. The molecule has 0 unspecified atom stereocenters. The zero-order chi connectivity index (χ0) is 29.2. The molecular formula is C35H36O6Se. The molecule has 1 fully saturated rings. The zero-order valence-corrected chi connectivity index (χ0v) is 25.5. The van der Waals surface area contributed by atoms with Crippen molar-refractivity contribution >= 4 is 22.0 Å². The summed E-state index contributed by atoms with van der Waals surface area (Å²) >= 11 is 2.53. The standard InChI is InChI=1S/C35H36O6Se/c1-26(36)41-35(30-20-12-5-13-21-30)33(39-24-29-18-10-4-11-19-29)32(38-23-28-16-8-3-9-17-28)31(40-34(35)42)25-37-22-27-14-6-2-7-15-27/h2-21,31-34,42H,22-25H2,1H3/t31-,32-,33+,34+,35+/m1/s1. The number of benzene rings is 4. The molecular weight excluding hydrogens is 595 g/mol. The number of carbonyl (C=O) groups excluding carboxylic acids is 1. The minimum atomic E-state index is -1.29. The normalized spacial score (nSPS) is 23.8. The summed E-state index contributed by atoms with van der Waals surface area (Å²) in [5.41, 5.74) is 2.54. The summed E-state index contributed by atoms with van der Waals surface area (Å²) in [6.07, 6.45) is -1.86. The van der Waals surface area contributed by atoms with Gasteiger partial charge in [0.05, 0.1) is 0 Å². The Morgan fingerprint density at radius 1 is 0.714 bits per heavy atom. The van der Waals surface area contributed by atoms with Gasteiger partial charge in [0.1, 0.15) is 0 Å². The van der Waals surface area contributed by atoms with E-state index in [1.54, 1.807) is 0 Å². The van der Waals surface area contributed by atoms with E-state index in [1.165, 1.54) is 6.92 Å². The van der Waals surface area contributed by atoms with E-state index in [9.17, 15) is 4.79 Å². The summed E-state index contributed by atoms with van der Waals surface area (Å²) in [5, 5.41) is -0.626. The van der Waals surface area contributed by atoms with Crippen molar-refractivity contribution in [2.75, 3.05) is 6.61 Å². The van der Waals surface area contributed by atoms with Gasteiger partial charge in [0, 0.05) is 0 Å². The van der Waals surface area contributed by atoms with Crippen molar-refractivity contribution in [3.05, 3.63) is 144 Å². The van der Waals surface area contributed by atoms with E-state index in [-0.39, 0.29) is 6.61 Å². The van der Waals surface area contributed by atoms with E-state index >= 15 is 0 Å². The van der Waals surface area contributed by atoms with Gasteiger partial charge in [-0.25, -0.2) is 0 Å². The van der Waals surface area contributed by atoms with E-state index in [1.807, 2.05) is 121 Å². The Morgan fingerprint density at radius 2 is 1.19 bits per heavy atom. The number of carbonyl (C=O) groups is 1. The third kappa shape index (κ3) is 7.37. The third-order valence-electron chi connectivity index (χ3n) is 7.25. The van der Waals surface area contributed by atoms with Crippen LogP contribution in [0.4, 0.5) is 0 Å². The van der Waals surface area contributed by atoms with Crippen molar-refractivity contribution in [2.45, 2.75) is 55.7 Å². The number of esters is 1. The molecule has 0 radical (unpaired) electrons. The molecule has 5 atom stereocenters. The fourth-order valence-corrected chi connectivity index (χ4v) is 6.34. The van der Waals surface area contributed by atoms with E-state index in [0.29, 0.717) is 19.8 Å². The molecule has 1 aliphatic heterocycles. The van der Waals surface area contributed by atoms with Crippen LogP contribution in [0.3, 0.4) is 0 Å². The van der Waals surface area contributed by atoms with Gasteiger partial charge >= 0.3 is 256 Å². The van der Waals surface area contributed by atoms with E-state index < -0.39 is 34.9 Å². The average Bonchev–Trinajstić information content (AvgIpc) is 3.02. The fourth-order valence-electron chi connectivity index (χ4n) is 5.28. The Morgan fingerprint density at radius 3 is 1.71 bits per heavy atom. The Balaban J connectivity index is 1.52. The zero-order valence-electron chi connectivity index (χ0n) is 23.6. The van der Waals surface area contributed by atoms with Crippen LogP contribution in [0.2, 0.25) is 0 Å². The molecule has 0 bridgehead atoms. The maximum atomic E-state index is 12.7. The van der Waals surface area contributed by atoms with Gasteiger partial charge in [-0.1, -0.05) is 0 Å². The Hall–Kier alpha value is -3.29. The van der Waals surface area contributed by atoms with Gasteiger partial charge in [-0.2, -0.15) is 0 Å². The first kappa shape index (κ1) is 30.2. The van der Waals surface area contributed by atoms with E-state index in [4.69, 9.17) is 23.7 Å². The van der Waals surface area contributed by atoms with Crippen LogP contribution >= 0.6 is 0 Å². The Bertz CT molecular complexity index is 1370. The van der Waals surface area contributed by atoms with Crippen molar-refractivity contribution in [3.63, 3.8) is 0 Å². The average molecular weight is 632 g/mol. The maximum absolute atomic E-state index is 12.7. The molecule has 5 rings (SSSR count). The van der Waals surface area contributed by atoms with Gasteiger partial charge in [-0.15, -0.1) is 0 Å². The molecule has 4 aromatic carbocycles. The monoisotopic (exact) mass is 632 g/mol. The third-order valence-corrected chi connectivity index (χ3v) is 8.31. The SMILES string of the molecule is CC(=O)O[C@]1(c2ccccc2)[C@H]([SeH])O[C@H](COCc2ccccc2)[C@@H](OCc2ccccc2)[C@@H]1OCc1ccccc1. The molecule has 0 spiro atoms. The van der Waals surface area contributed by atoms with Gasteiger partial charge < -0.3 is 0 Å². The van der Waals surface area contributed by atoms with E-state index in [0.717, 1.165) is 22.3 Å². The van der Waals surface area contributed by atoms with Crippen molar-refractivity contribution in [1.29, 1.82) is 0 Å². The molecule has 218 valence electrons. The first-order valence-electron chi connectivity index (χ1n) is 14.1. The summed E-state index contributed by atoms with van der Waals surface area (Å²) < 4.78 is 32.5. The number of hydrogen-bond acceptors (Lipinski definition) is 6. The van der Waals surface area contributed by atoms with Crippen LogP contribution in [-0.2, 0) is 53.9 Å². The number of rotatable bonds is 12. The van der Waals surface area contributed by atoms with Crippen LogP contribution in [0.25, 0.3) is 0 Å². The van der Waals surface area contributed by atoms with Crippen molar-refractivity contribution < 1.29 is 28.5 Å². The molecule has 42 heavy (non-hydrogen) atoms. The number of hydrogen-bond donors (Lipinski definition) is 0. The molecule has 0 amide bonds. The Kier molecular flexibility index (Phi) is 10.6. The molecule has 4 aromatic rings. The second-order valence-electron chi connectivity index (χ2n) is 10.3. The molecule has 0 N–H and O–H groups in total. The molecule has 7 heteroatoms. The van der Waals surface area contributed by atoms with Crippen LogP contribution in [0, 0.1) is 0 Å². The van der Waals surface area contributed by atoms with Gasteiger partial charge in [0.25, 0.3) is 0 Å². The summed E-state index contributed by atoms with van der Waals surface area (Å²) in [6.45, 7) is 2.72. The second-order valence-corrected chi connectivity index (χ2v) is 11.2. The molecule has 0 aromatic heterocycles. The van der Waals surface area contributed by atoms with Gasteiger partial charge in [-0.05, 0) is 0 Å². The molecule has 1 aliphatic rings. The van der Waals surface area contributed by atoms with Crippen LogP contribution in [0.5, 0.6) is 0 Å². The Labute approximate surface area is 255 Å². The topological polar surface area (TPSA) is 63.2 Å². The molecule has 0 aliphatic carbocycles. The summed E-state index contributed by atoms with van der Waals surface area (Å²) in [5.74, 6) is -0.438. The fraction of sp³-hybridized carbons (Fsp3) is 0.286. The van der Waals surface area contributed by atoms with Crippen LogP contribution in [-0.4, -0.2) is 51.9 Å². The van der Waals surface area contributed by atoms with Crippen LogP contribution < -0.4 is 0 Å². The summed E-state index contributed by atoms with van der Waals surface area (Å²) in [7, 11) is 0. The summed E-state index contributed by atoms with van der Waals surface area (Å²) in [6, 6.07) is 39.5. The van der Waals surface area contributed by atoms with Crippen LogP contribution in [0.1, 0.15) is 29.2 Å². The van der Waals surface area contributed by atoms with Crippen molar-refractivity contribution in [3.8, 4) is 0 Å². The van der Waals surface area contributed by atoms with Crippen molar-refractivity contribution in [1.82, 2.24) is 0 Å². The first-order chi connectivity index (χ1) is 20.6. The molecule has 0 saturated carbocycles. The van der Waals surface area contributed by atoms with E-state index in [2.05, 4.69) is 16.0 Å².